The van der Waals surface area contributed by atoms with Crippen molar-refractivity contribution in [2.45, 2.75) is 20.4 Å². The Bertz CT molecular complexity index is 938. The van der Waals surface area contributed by atoms with Crippen LogP contribution in [-0.4, -0.2) is 27.6 Å². The molecular weight excluding hydrogens is 316 g/mol. The molecule has 0 aliphatic rings. The fourth-order valence-corrected chi connectivity index (χ4v) is 3.26. The van der Waals surface area contributed by atoms with Gasteiger partial charge in [0.05, 0.1) is 7.11 Å². The Kier molecular flexibility index (Phi) is 3.91. The van der Waals surface area contributed by atoms with Gasteiger partial charge in [-0.2, -0.15) is 0 Å². The first kappa shape index (κ1) is 15.3. The van der Waals surface area contributed by atoms with Crippen LogP contribution in [0.3, 0.4) is 0 Å². The second kappa shape index (κ2) is 5.88. The van der Waals surface area contributed by atoms with Crippen LogP contribution in [0, 0.1) is 13.8 Å². The van der Waals surface area contributed by atoms with Crippen molar-refractivity contribution in [1.29, 1.82) is 0 Å². The maximum atomic E-state index is 12.3. The van der Waals surface area contributed by atoms with Gasteiger partial charge in [-0.25, -0.2) is 9.50 Å². The van der Waals surface area contributed by atoms with Crippen LogP contribution in [0.5, 0.6) is 5.75 Å². The molecule has 3 rings (SSSR count). The molecule has 0 radical (unpaired) electrons. The molecule has 2 N–H and O–H groups in total. The molecule has 3 aromatic heterocycles. The van der Waals surface area contributed by atoms with Gasteiger partial charge in [-0.1, -0.05) is 0 Å². The Morgan fingerprint density at radius 3 is 3.00 bits per heavy atom. The maximum Gasteiger partial charge on any atom is 0.266 e. The Balaban J connectivity index is 1.87. The normalized spacial score (nSPS) is 10.9. The summed E-state index contributed by atoms with van der Waals surface area (Å²) < 4.78 is 6.79. The third-order valence-electron chi connectivity index (χ3n) is 3.68. The van der Waals surface area contributed by atoms with Gasteiger partial charge in [0.2, 0.25) is 0 Å². The lowest BCUT2D eigenvalue weighted by atomic mass is 10.1. The van der Waals surface area contributed by atoms with Crippen LogP contribution < -0.4 is 15.6 Å². The summed E-state index contributed by atoms with van der Waals surface area (Å²) in [6.45, 7) is 4.06. The SMILES string of the molecule is COc1ccsc1C(=O)NCc1c(C)nc2cc(=O)[nH]n2c1C. The highest BCUT2D eigenvalue weighted by Crippen LogP contribution is 2.24. The molecule has 23 heavy (non-hydrogen) atoms. The van der Waals surface area contributed by atoms with Gasteiger partial charge in [0, 0.05) is 29.6 Å². The van der Waals surface area contributed by atoms with Gasteiger partial charge >= 0.3 is 0 Å². The van der Waals surface area contributed by atoms with Crippen molar-refractivity contribution < 1.29 is 9.53 Å². The fourth-order valence-electron chi connectivity index (χ4n) is 2.48. The molecule has 0 bridgehead atoms. The van der Waals surface area contributed by atoms with Crippen LogP contribution in [0.15, 0.2) is 22.3 Å². The molecule has 1 amide bonds. The third-order valence-corrected chi connectivity index (χ3v) is 4.58. The Morgan fingerprint density at radius 2 is 2.26 bits per heavy atom. The number of thiophene rings is 1. The first-order valence-corrected chi connectivity index (χ1v) is 7.86. The summed E-state index contributed by atoms with van der Waals surface area (Å²) in [5, 5.41) is 7.38. The average molecular weight is 332 g/mol. The van der Waals surface area contributed by atoms with Crippen LogP contribution in [0.4, 0.5) is 0 Å². The number of carbonyl (C=O) groups excluding carboxylic acids is 1. The third kappa shape index (κ3) is 2.72. The highest BCUT2D eigenvalue weighted by Gasteiger charge is 2.16. The van der Waals surface area contributed by atoms with Gasteiger partial charge in [-0.15, -0.1) is 11.3 Å². The molecule has 0 atom stereocenters. The van der Waals surface area contributed by atoms with E-state index in [4.69, 9.17) is 4.74 Å². The van der Waals surface area contributed by atoms with Crippen molar-refractivity contribution in [3.8, 4) is 5.75 Å². The Labute approximate surface area is 135 Å². The minimum absolute atomic E-state index is 0.197. The van der Waals surface area contributed by atoms with E-state index in [0.29, 0.717) is 22.8 Å². The number of aromatic amines is 1. The number of fused-ring (bicyclic) bond motifs is 1. The predicted molar refractivity (Wildman–Crippen MR) is 87.3 cm³/mol. The highest BCUT2D eigenvalue weighted by molar-refractivity contribution is 7.12. The van der Waals surface area contributed by atoms with Gasteiger partial charge in [0.1, 0.15) is 10.6 Å². The first-order valence-electron chi connectivity index (χ1n) is 6.98. The van der Waals surface area contributed by atoms with E-state index < -0.39 is 0 Å². The molecule has 0 unspecified atom stereocenters. The summed E-state index contributed by atoms with van der Waals surface area (Å²) in [4.78, 5) is 28.7. The largest absolute Gasteiger partial charge is 0.495 e. The van der Waals surface area contributed by atoms with Crippen molar-refractivity contribution in [2.75, 3.05) is 7.11 Å². The lowest BCUT2D eigenvalue weighted by Gasteiger charge is -2.12. The molecule has 8 heteroatoms. The zero-order chi connectivity index (χ0) is 16.6. The van der Waals surface area contributed by atoms with Gasteiger partial charge in [-0.05, 0) is 25.3 Å². The number of methoxy groups -OCH3 is 1. The zero-order valence-corrected chi connectivity index (χ0v) is 13.8. The summed E-state index contributed by atoms with van der Waals surface area (Å²) >= 11 is 1.33. The van der Waals surface area contributed by atoms with Gasteiger partial charge < -0.3 is 10.1 Å². The molecular formula is C15H16N4O3S. The van der Waals surface area contributed by atoms with Crippen molar-refractivity contribution in [3.63, 3.8) is 0 Å². The van der Waals surface area contributed by atoms with Crippen LogP contribution in [-0.2, 0) is 6.54 Å². The van der Waals surface area contributed by atoms with Crippen molar-refractivity contribution in [2.24, 2.45) is 0 Å². The number of ether oxygens (including phenoxy) is 1. The number of hydrogen-bond donors (Lipinski definition) is 2. The minimum Gasteiger partial charge on any atom is -0.495 e. The number of carbonyl (C=O) groups is 1. The molecule has 120 valence electrons. The maximum absolute atomic E-state index is 12.3. The zero-order valence-electron chi connectivity index (χ0n) is 13.0. The minimum atomic E-state index is -0.204. The lowest BCUT2D eigenvalue weighted by Crippen LogP contribution is -2.24. The van der Waals surface area contributed by atoms with Crippen LogP contribution in [0.2, 0.25) is 0 Å². The van der Waals surface area contributed by atoms with E-state index in [1.54, 1.807) is 10.6 Å². The van der Waals surface area contributed by atoms with Gasteiger partial charge in [-0.3, -0.25) is 14.7 Å². The summed E-state index contributed by atoms with van der Waals surface area (Å²) in [7, 11) is 1.54. The number of H-pyrrole nitrogens is 1. The second-order valence-corrected chi connectivity index (χ2v) is 5.99. The monoisotopic (exact) mass is 332 g/mol. The van der Waals surface area contributed by atoms with E-state index in [2.05, 4.69) is 15.4 Å². The van der Waals surface area contributed by atoms with E-state index >= 15 is 0 Å². The second-order valence-electron chi connectivity index (χ2n) is 5.08. The van der Waals surface area contributed by atoms with Crippen molar-refractivity contribution in [3.05, 3.63) is 49.7 Å². The highest BCUT2D eigenvalue weighted by atomic mass is 32.1. The number of hydrogen-bond acceptors (Lipinski definition) is 5. The Morgan fingerprint density at radius 1 is 1.48 bits per heavy atom. The molecule has 0 saturated heterocycles. The average Bonchev–Trinajstić information content (AvgIpc) is 3.12. The molecule has 0 fully saturated rings. The Hall–Kier alpha value is -2.61. The van der Waals surface area contributed by atoms with Crippen molar-refractivity contribution in [1.82, 2.24) is 19.9 Å². The van der Waals surface area contributed by atoms with E-state index in [-0.39, 0.29) is 11.5 Å². The van der Waals surface area contributed by atoms with Crippen LogP contribution >= 0.6 is 11.3 Å². The number of amides is 1. The molecule has 0 aromatic carbocycles. The van der Waals surface area contributed by atoms with Gasteiger partial charge in [0.15, 0.2) is 5.65 Å². The summed E-state index contributed by atoms with van der Waals surface area (Å²) in [5.41, 5.74) is 2.85. The lowest BCUT2D eigenvalue weighted by molar-refractivity contribution is 0.0952. The van der Waals surface area contributed by atoms with Crippen LogP contribution in [0.25, 0.3) is 5.65 Å². The molecule has 0 saturated carbocycles. The number of aryl methyl sites for hydroxylation is 2. The first-order chi connectivity index (χ1) is 11.0. The number of nitrogens with one attached hydrogen (secondary N) is 2. The smallest absolute Gasteiger partial charge is 0.266 e. The summed E-state index contributed by atoms with van der Waals surface area (Å²) in [6, 6.07) is 3.20. The standard InChI is InChI=1S/C15H16N4O3S/c1-8-10(9(2)19-12(17-8)6-13(20)18-19)7-16-15(21)14-11(22-3)4-5-23-14/h4-6H,7H2,1-3H3,(H,16,21)(H,18,20). The summed E-state index contributed by atoms with van der Waals surface area (Å²) in [6.07, 6.45) is 0. The number of rotatable bonds is 4. The topological polar surface area (TPSA) is 88.5 Å². The molecule has 3 heterocycles. The van der Waals surface area contributed by atoms with Crippen LogP contribution in [0.1, 0.15) is 26.6 Å². The molecule has 0 aliphatic heterocycles. The van der Waals surface area contributed by atoms with Gasteiger partial charge in [0.25, 0.3) is 11.5 Å². The quantitative estimate of drug-likeness (QED) is 0.760. The molecule has 7 nitrogen and oxygen atoms in total. The summed E-state index contributed by atoms with van der Waals surface area (Å²) in [5.74, 6) is 0.362. The number of nitrogens with zero attached hydrogens (tertiary/aromatic N) is 2. The molecule has 0 spiro atoms. The van der Waals surface area contributed by atoms with E-state index in [1.165, 1.54) is 24.5 Å². The molecule has 0 aliphatic carbocycles. The predicted octanol–water partition coefficient (Wildman–Crippen LogP) is 1.64. The number of aromatic nitrogens is 3. The fraction of sp³-hybridized carbons (Fsp3) is 0.267. The van der Waals surface area contributed by atoms with E-state index in [1.807, 2.05) is 19.2 Å². The van der Waals surface area contributed by atoms with Crippen molar-refractivity contribution >= 4 is 22.9 Å². The van der Waals surface area contributed by atoms with E-state index in [9.17, 15) is 9.59 Å². The van der Waals surface area contributed by atoms with E-state index in [0.717, 1.165) is 17.0 Å². The molecule has 3 aromatic rings.